The van der Waals surface area contributed by atoms with Gasteiger partial charge in [0.05, 0.1) is 0 Å². The van der Waals surface area contributed by atoms with Gasteiger partial charge in [-0.15, -0.1) is 11.3 Å². The smallest absolute Gasteiger partial charge is 0.252 e. The van der Waals surface area contributed by atoms with Gasteiger partial charge in [-0.1, -0.05) is 6.92 Å². The second kappa shape index (κ2) is 4.35. The highest BCUT2D eigenvalue weighted by atomic mass is 32.2. The maximum atomic E-state index is 12.3. The van der Waals surface area contributed by atoms with Gasteiger partial charge in [-0.3, -0.25) is 0 Å². The molecule has 1 aromatic rings. The van der Waals surface area contributed by atoms with Crippen molar-refractivity contribution in [2.45, 2.75) is 24.5 Å². The molecule has 1 fully saturated rings. The van der Waals surface area contributed by atoms with Crippen LogP contribution < -0.4 is 5.73 Å². The number of thiophene rings is 1. The molecule has 1 saturated heterocycles. The molecule has 6 heteroatoms. The van der Waals surface area contributed by atoms with Crippen molar-refractivity contribution >= 4 is 21.4 Å². The molecule has 2 heterocycles. The molecular weight excluding hydrogens is 256 g/mol. The highest BCUT2D eigenvalue weighted by Crippen LogP contribution is 2.34. The molecule has 96 valence electrons. The SMILES string of the molecule is Cc1ccc(S(=O)(=O)N2CCC(C)(CN)C2)s1. The maximum Gasteiger partial charge on any atom is 0.252 e. The molecule has 4 nitrogen and oxygen atoms in total. The van der Waals surface area contributed by atoms with E-state index in [-0.39, 0.29) is 5.41 Å². The van der Waals surface area contributed by atoms with E-state index in [4.69, 9.17) is 5.73 Å². The van der Waals surface area contributed by atoms with Crippen LogP contribution >= 0.6 is 11.3 Å². The van der Waals surface area contributed by atoms with E-state index in [1.807, 2.05) is 19.9 Å². The Morgan fingerprint density at radius 3 is 2.71 bits per heavy atom. The van der Waals surface area contributed by atoms with E-state index in [9.17, 15) is 8.42 Å². The summed E-state index contributed by atoms with van der Waals surface area (Å²) in [6.45, 7) is 5.60. The summed E-state index contributed by atoms with van der Waals surface area (Å²) in [6.07, 6.45) is 0.840. The summed E-state index contributed by atoms with van der Waals surface area (Å²) in [7, 11) is -3.30. The lowest BCUT2D eigenvalue weighted by Crippen LogP contribution is -2.34. The van der Waals surface area contributed by atoms with Crippen molar-refractivity contribution in [2.24, 2.45) is 11.1 Å². The zero-order chi connectivity index (χ0) is 12.7. The molecule has 1 atom stereocenters. The number of sulfonamides is 1. The Hall–Kier alpha value is -0.430. The normalized spacial score (nSPS) is 26.5. The molecule has 1 aromatic heterocycles. The van der Waals surface area contributed by atoms with Crippen LogP contribution in [0.25, 0.3) is 0 Å². The molecule has 0 amide bonds. The van der Waals surface area contributed by atoms with Crippen LogP contribution in [0.4, 0.5) is 0 Å². The van der Waals surface area contributed by atoms with E-state index in [0.29, 0.717) is 23.8 Å². The predicted molar refractivity (Wildman–Crippen MR) is 69.6 cm³/mol. The van der Waals surface area contributed by atoms with E-state index in [2.05, 4.69) is 0 Å². The molecule has 0 spiro atoms. The van der Waals surface area contributed by atoms with Crippen LogP contribution in [0.15, 0.2) is 16.3 Å². The van der Waals surface area contributed by atoms with Gasteiger partial charge in [0.15, 0.2) is 0 Å². The minimum absolute atomic E-state index is 0.0701. The summed E-state index contributed by atoms with van der Waals surface area (Å²) >= 11 is 1.33. The van der Waals surface area contributed by atoms with Crippen LogP contribution in [-0.4, -0.2) is 32.4 Å². The quantitative estimate of drug-likeness (QED) is 0.906. The Balaban J connectivity index is 2.24. The Labute approximate surface area is 106 Å². The fraction of sp³-hybridized carbons (Fsp3) is 0.636. The minimum atomic E-state index is -3.30. The van der Waals surface area contributed by atoms with Crippen molar-refractivity contribution in [3.05, 3.63) is 17.0 Å². The molecule has 2 rings (SSSR count). The summed E-state index contributed by atoms with van der Waals surface area (Å²) in [5, 5.41) is 0. The molecule has 0 aromatic carbocycles. The third-order valence-corrected chi connectivity index (χ3v) is 6.64. The highest BCUT2D eigenvalue weighted by molar-refractivity contribution is 7.91. The third kappa shape index (κ3) is 2.40. The van der Waals surface area contributed by atoms with E-state index in [1.165, 1.54) is 11.3 Å². The van der Waals surface area contributed by atoms with Crippen molar-refractivity contribution in [3.8, 4) is 0 Å². The van der Waals surface area contributed by atoms with Gasteiger partial charge in [-0.2, -0.15) is 4.31 Å². The number of aryl methyl sites for hydroxylation is 1. The van der Waals surface area contributed by atoms with Crippen molar-refractivity contribution in [3.63, 3.8) is 0 Å². The van der Waals surface area contributed by atoms with Gasteiger partial charge < -0.3 is 5.73 Å². The number of hydrogen-bond acceptors (Lipinski definition) is 4. The van der Waals surface area contributed by atoms with Gasteiger partial charge in [-0.25, -0.2) is 8.42 Å². The largest absolute Gasteiger partial charge is 0.330 e. The monoisotopic (exact) mass is 274 g/mol. The Kier molecular flexibility index (Phi) is 3.33. The van der Waals surface area contributed by atoms with Gasteiger partial charge in [-0.05, 0) is 37.4 Å². The van der Waals surface area contributed by atoms with Crippen LogP contribution in [0.1, 0.15) is 18.2 Å². The molecule has 0 aliphatic carbocycles. The predicted octanol–water partition coefficient (Wildman–Crippen LogP) is 1.42. The van der Waals surface area contributed by atoms with Crippen LogP contribution in [0.2, 0.25) is 0 Å². The summed E-state index contributed by atoms with van der Waals surface area (Å²) in [5.74, 6) is 0. The number of rotatable bonds is 3. The molecule has 1 aliphatic heterocycles. The van der Waals surface area contributed by atoms with Crippen molar-refractivity contribution in [1.82, 2.24) is 4.31 Å². The average molecular weight is 274 g/mol. The van der Waals surface area contributed by atoms with Crippen LogP contribution in [0.3, 0.4) is 0 Å². The van der Waals surface area contributed by atoms with Crippen molar-refractivity contribution < 1.29 is 8.42 Å². The highest BCUT2D eigenvalue weighted by Gasteiger charge is 2.39. The van der Waals surface area contributed by atoms with Crippen LogP contribution in [0.5, 0.6) is 0 Å². The molecule has 0 radical (unpaired) electrons. The molecule has 17 heavy (non-hydrogen) atoms. The van der Waals surface area contributed by atoms with Crippen molar-refractivity contribution in [2.75, 3.05) is 19.6 Å². The second-order valence-corrected chi connectivity index (χ2v) is 8.42. The topological polar surface area (TPSA) is 63.4 Å². The van der Waals surface area contributed by atoms with E-state index in [0.717, 1.165) is 11.3 Å². The molecule has 1 aliphatic rings. The lowest BCUT2D eigenvalue weighted by molar-refractivity contribution is 0.350. The first kappa shape index (κ1) is 13.0. The Bertz CT molecular complexity index is 509. The Morgan fingerprint density at radius 2 is 2.24 bits per heavy atom. The molecular formula is C11H18N2O2S2. The van der Waals surface area contributed by atoms with E-state index in [1.54, 1.807) is 10.4 Å². The summed E-state index contributed by atoms with van der Waals surface area (Å²) < 4.78 is 26.7. The molecule has 2 N–H and O–H groups in total. The second-order valence-electron chi connectivity index (χ2n) is 4.97. The third-order valence-electron chi connectivity index (χ3n) is 3.33. The number of hydrogen-bond donors (Lipinski definition) is 1. The number of nitrogens with zero attached hydrogens (tertiary/aromatic N) is 1. The van der Waals surface area contributed by atoms with Crippen molar-refractivity contribution in [1.29, 1.82) is 0 Å². The van der Waals surface area contributed by atoms with Gasteiger partial charge >= 0.3 is 0 Å². The zero-order valence-corrected chi connectivity index (χ0v) is 11.8. The van der Waals surface area contributed by atoms with Gasteiger partial charge in [0.25, 0.3) is 10.0 Å². The fourth-order valence-electron chi connectivity index (χ4n) is 2.03. The Morgan fingerprint density at radius 1 is 1.53 bits per heavy atom. The lowest BCUT2D eigenvalue weighted by Gasteiger charge is -2.21. The zero-order valence-electron chi connectivity index (χ0n) is 10.1. The van der Waals surface area contributed by atoms with Gasteiger partial charge in [0, 0.05) is 18.0 Å². The first-order valence-electron chi connectivity index (χ1n) is 5.64. The summed E-state index contributed by atoms with van der Waals surface area (Å²) in [4.78, 5) is 1.02. The average Bonchev–Trinajstić information content (AvgIpc) is 2.86. The van der Waals surface area contributed by atoms with E-state index >= 15 is 0 Å². The maximum absolute atomic E-state index is 12.3. The van der Waals surface area contributed by atoms with Gasteiger partial charge in [0.2, 0.25) is 0 Å². The fourth-order valence-corrected chi connectivity index (χ4v) is 5.06. The molecule has 1 unspecified atom stereocenters. The summed E-state index contributed by atoms with van der Waals surface area (Å²) in [6, 6.07) is 3.53. The van der Waals surface area contributed by atoms with Crippen LogP contribution in [0, 0.1) is 12.3 Å². The molecule has 0 saturated carbocycles. The minimum Gasteiger partial charge on any atom is -0.330 e. The first-order valence-corrected chi connectivity index (χ1v) is 7.90. The summed E-state index contributed by atoms with van der Waals surface area (Å²) in [5.41, 5.74) is 5.63. The molecule has 0 bridgehead atoms. The lowest BCUT2D eigenvalue weighted by atomic mass is 9.90. The van der Waals surface area contributed by atoms with Gasteiger partial charge in [0.1, 0.15) is 4.21 Å². The van der Waals surface area contributed by atoms with E-state index < -0.39 is 10.0 Å². The first-order chi connectivity index (χ1) is 7.87. The number of nitrogens with two attached hydrogens (primary N) is 1. The van der Waals surface area contributed by atoms with Crippen LogP contribution in [-0.2, 0) is 10.0 Å². The standard InChI is InChI=1S/C11H18N2O2S2/c1-9-3-4-10(16-9)17(14,15)13-6-5-11(2,7-12)8-13/h3-4H,5-8,12H2,1-2H3.